The number of nitrogens with zero attached hydrogens (tertiary/aromatic N) is 1. The fourth-order valence-corrected chi connectivity index (χ4v) is 1.68. The van der Waals surface area contributed by atoms with Crippen molar-refractivity contribution in [3.63, 3.8) is 0 Å². The van der Waals surface area contributed by atoms with Crippen molar-refractivity contribution in [1.82, 2.24) is 4.90 Å². The van der Waals surface area contributed by atoms with E-state index >= 15 is 0 Å². The maximum Gasteiger partial charge on any atom is 0.0621 e. The summed E-state index contributed by atoms with van der Waals surface area (Å²) < 4.78 is 5.33. The van der Waals surface area contributed by atoms with Gasteiger partial charge < -0.3 is 9.64 Å². The van der Waals surface area contributed by atoms with Gasteiger partial charge in [-0.15, -0.1) is 0 Å². The van der Waals surface area contributed by atoms with Crippen molar-refractivity contribution in [3.05, 3.63) is 0 Å². The standard InChI is InChI=1S/C8H17NO.C2H6/c1-7-6-9(2)5-4-8(7)10-3;1-2/h7-8H,4-6H2,1-3H3;1-2H3. The number of rotatable bonds is 1. The first-order valence-electron chi connectivity index (χ1n) is 4.95. The molecule has 0 aromatic carbocycles. The van der Waals surface area contributed by atoms with Crippen molar-refractivity contribution >= 4 is 0 Å². The normalized spacial score (nSPS) is 30.8. The van der Waals surface area contributed by atoms with Crippen LogP contribution in [0, 0.1) is 5.92 Å². The molecule has 2 unspecified atom stereocenters. The molecule has 0 aliphatic carbocycles. The first-order chi connectivity index (χ1) is 5.74. The van der Waals surface area contributed by atoms with E-state index in [4.69, 9.17) is 4.74 Å². The van der Waals surface area contributed by atoms with Gasteiger partial charge in [0, 0.05) is 20.2 Å². The van der Waals surface area contributed by atoms with Gasteiger partial charge in [-0.05, 0) is 19.4 Å². The van der Waals surface area contributed by atoms with E-state index in [0.717, 1.165) is 0 Å². The summed E-state index contributed by atoms with van der Waals surface area (Å²) in [5.74, 6) is 0.698. The molecule has 1 aliphatic rings. The number of hydrogen-bond acceptors (Lipinski definition) is 2. The number of piperidine rings is 1. The summed E-state index contributed by atoms with van der Waals surface area (Å²) in [6.07, 6.45) is 1.69. The number of hydrogen-bond donors (Lipinski definition) is 0. The lowest BCUT2D eigenvalue weighted by molar-refractivity contribution is 0.00750. The zero-order chi connectivity index (χ0) is 9.56. The molecule has 2 atom stereocenters. The smallest absolute Gasteiger partial charge is 0.0621 e. The highest BCUT2D eigenvalue weighted by atomic mass is 16.5. The van der Waals surface area contributed by atoms with Crippen molar-refractivity contribution in [2.24, 2.45) is 5.92 Å². The van der Waals surface area contributed by atoms with Crippen LogP contribution in [0.1, 0.15) is 27.2 Å². The summed E-state index contributed by atoms with van der Waals surface area (Å²) in [6.45, 7) is 8.62. The van der Waals surface area contributed by atoms with Gasteiger partial charge in [0.05, 0.1) is 6.10 Å². The molecule has 0 aromatic rings. The zero-order valence-electron chi connectivity index (χ0n) is 9.13. The van der Waals surface area contributed by atoms with Crippen LogP contribution in [0.25, 0.3) is 0 Å². The molecule has 0 saturated carbocycles. The summed E-state index contributed by atoms with van der Waals surface area (Å²) in [5.41, 5.74) is 0. The minimum Gasteiger partial charge on any atom is -0.381 e. The summed E-state index contributed by atoms with van der Waals surface area (Å²) in [7, 11) is 3.98. The molecule has 0 amide bonds. The number of likely N-dealkylation sites (tertiary alicyclic amines) is 1. The highest BCUT2D eigenvalue weighted by Crippen LogP contribution is 2.17. The van der Waals surface area contributed by atoms with Crippen LogP contribution in [-0.4, -0.2) is 38.3 Å². The lowest BCUT2D eigenvalue weighted by Crippen LogP contribution is -2.40. The van der Waals surface area contributed by atoms with E-state index in [1.54, 1.807) is 0 Å². The highest BCUT2D eigenvalue weighted by Gasteiger charge is 2.23. The topological polar surface area (TPSA) is 12.5 Å². The lowest BCUT2D eigenvalue weighted by Gasteiger charge is -2.33. The van der Waals surface area contributed by atoms with Crippen molar-refractivity contribution in [3.8, 4) is 0 Å². The molecular weight excluding hydrogens is 150 g/mol. The second-order valence-electron chi connectivity index (χ2n) is 3.30. The van der Waals surface area contributed by atoms with E-state index in [9.17, 15) is 0 Å². The van der Waals surface area contributed by atoms with Gasteiger partial charge in [-0.25, -0.2) is 0 Å². The highest BCUT2D eigenvalue weighted by molar-refractivity contribution is 4.75. The molecule has 0 N–H and O–H groups in total. The van der Waals surface area contributed by atoms with Crippen LogP contribution in [0.5, 0.6) is 0 Å². The molecule has 0 radical (unpaired) electrons. The van der Waals surface area contributed by atoms with Crippen LogP contribution < -0.4 is 0 Å². The van der Waals surface area contributed by atoms with E-state index in [1.807, 2.05) is 21.0 Å². The van der Waals surface area contributed by atoms with Gasteiger partial charge in [-0.2, -0.15) is 0 Å². The maximum atomic E-state index is 5.33. The first kappa shape index (κ1) is 11.9. The molecule has 0 spiro atoms. The number of ether oxygens (including phenoxy) is 1. The summed E-state index contributed by atoms with van der Waals surface area (Å²) >= 11 is 0. The summed E-state index contributed by atoms with van der Waals surface area (Å²) in [6, 6.07) is 0. The van der Waals surface area contributed by atoms with Gasteiger partial charge in [0.15, 0.2) is 0 Å². The molecule has 1 heterocycles. The Morgan fingerprint density at radius 3 is 2.33 bits per heavy atom. The second-order valence-corrected chi connectivity index (χ2v) is 3.30. The molecule has 2 heteroatoms. The van der Waals surface area contributed by atoms with E-state index < -0.39 is 0 Å². The molecule has 1 aliphatic heterocycles. The lowest BCUT2D eigenvalue weighted by atomic mass is 9.97. The van der Waals surface area contributed by atoms with E-state index in [2.05, 4.69) is 18.9 Å². The third kappa shape index (κ3) is 3.55. The predicted molar refractivity (Wildman–Crippen MR) is 53.4 cm³/mol. The molecule has 1 saturated heterocycles. The van der Waals surface area contributed by atoms with Crippen LogP contribution in [0.2, 0.25) is 0 Å². The van der Waals surface area contributed by atoms with Crippen molar-refractivity contribution in [2.75, 3.05) is 27.2 Å². The Balaban J connectivity index is 0.000000561. The van der Waals surface area contributed by atoms with Gasteiger partial charge in [0.1, 0.15) is 0 Å². The average molecular weight is 173 g/mol. The fraction of sp³-hybridized carbons (Fsp3) is 1.00. The quantitative estimate of drug-likeness (QED) is 0.601. The van der Waals surface area contributed by atoms with Gasteiger partial charge in [0.25, 0.3) is 0 Å². The minimum atomic E-state index is 0.496. The molecule has 0 aromatic heterocycles. The van der Waals surface area contributed by atoms with Crippen LogP contribution in [0.3, 0.4) is 0 Å². The molecule has 12 heavy (non-hydrogen) atoms. The van der Waals surface area contributed by atoms with E-state index in [1.165, 1.54) is 19.5 Å². The third-order valence-electron chi connectivity index (χ3n) is 2.33. The Labute approximate surface area is 76.9 Å². The maximum absolute atomic E-state index is 5.33. The minimum absolute atomic E-state index is 0.496. The van der Waals surface area contributed by atoms with E-state index in [0.29, 0.717) is 12.0 Å². The molecule has 1 rings (SSSR count). The van der Waals surface area contributed by atoms with Crippen LogP contribution in [0.4, 0.5) is 0 Å². The average Bonchev–Trinajstić information content (AvgIpc) is 2.08. The third-order valence-corrected chi connectivity index (χ3v) is 2.33. The van der Waals surface area contributed by atoms with Gasteiger partial charge >= 0.3 is 0 Å². The summed E-state index contributed by atoms with van der Waals surface area (Å²) in [5, 5.41) is 0. The molecule has 1 fully saturated rings. The molecular formula is C10H23NO. The monoisotopic (exact) mass is 173 g/mol. The fourth-order valence-electron chi connectivity index (χ4n) is 1.68. The zero-order valence-corrected chi connectivity index (χ0v) is 9.13. The Morgan fingerprint density at radius 1 is 1.33 bits per heavy atom. The SMILES string of the molecule is CC.COC1CCN(C)CC1C. The molecule has 74 valence electrons. The van der Waals surface area contributed by atoms with Crippen molar-refractivity contribution in [2.45, 2.75) is 33.3 Å². The Morgan fingerprint density at radius 2 is 1.92 bits per heavy atom. The van der Waals surface area contributed by atoms with Crippen LogP contribution in [-0.2, 0) is 4.74 Å². The predicted octanol–water partition coefficient (Wildman–Crippen LogP) is 2.00. The Hall–Kier alpha value is -0.0800. The van der Waals surface area contributed by atoms with Crippen LogP contribution in [0.15, 0.2) is 0 Å². The summed E-state index contributed by atoms with van der Waals surface area (Å²) in [4.78, 5) is 2.36. The molecule has 2 nitrogen and oxygen atoms in total. The Bertz CT molecular complexity index is 106. The van der Waals surface area contributed by atoms with Gasteiger partial charge in [-0.3, -0.25) is 0 Å². The first-order valence-corrected chi connectivity index (χ1v) is 4.95. The van der Waals surface area contributed by atoms with Crippen molar-refractivity contribution in [1.29, 1.82) is 0 Å². The molecule has 0 bridgehead atoms. The largest absolute Gasteiger partial charge is 0.381 e. The van der Waals surface area contributed by atoms with Crippen molar-refractivity contribution < 1.29 is 4.74 Å². The van der Waals surface area contributed by atoms with Crippen LogP contribution >= 0.6 is 0 Å². The Kier molecular flexibility index (Phi) is 6.39. The van der Waals surface area contributed by atoms with Gasteiger partial charge in [0.2, 0.25) is 0 Å². The van der Waals surface area contributed by atoms with E-state index in [-0.39, 0.29) is 0 Å². The van der Waals surface area contributed by atoms with Gasteiger partial charge in [-0.1, -0.05) is 20.8 Å². The number of methoxy groups -OCH3 is 1. The second kappa shape index (κ2) is 6.44.